The summed E-state index contributed by atoms with van der Waals surface area (Å²) < 4.78 is 10.4. The van der Waals surface area contributed by atoms with Crippen LogP contribution in [0.15, 0.2) is 0 Å². The first-order valence-electron chi connectivity index (χ1n) is 4.29. The molecule has 0 aliphatic rings. The van der Waals surface area contributed by atoms with E-state index in [1.807, 2.05) is 13.8 Å². The van der Waals surface area contributed by atoms with Gasteiger partial charge in [-0.15, -0.1) is 0 Å². The largest absolute Gasteiger partial charge is 0.377 e. The highest BCUT2D eigenvalue weighted by molar-refractivity contribution is 4.50. The molecule has 0 aromatic heterocycles. The molecule has 0 saturated carbocycles. The lowest BCUT2D eigenvalue weighted by atomic mass is 10.4. The number of nitrogens with two attached hydrogens (primary N) is 2. The van der Waals surface area contributed by atoms with Crippen molar-refractivity contribution in [2.45, 2.75) is 25.9 Å². The third-order valence-electron chi connectivity index (χ3n) is 1.13. The van der Waals surface area contributed by atoms with E-state index in [1.165, 1.54) is 0 Å². The molecule has 0 fully saturated rings. The van der Waals surface area contributed by atoms with Crippen LogP contribution in [0.5, 0.6) is 0 Å². The molecule has 74 valence electrons. The van der Waals surface area contributed by atoms with E-state index >= 15 is 0 Å². The first-order valence-corrected chi connectivity index (χ1v) is 4.29. The van der Waals surface area contributed by atoms with Crippen LogP contribution in [0.25, 0.3) is 0 Å². The molecule has 2 atom stereocenters. The summed E-state index contributed by atoms with van der Waals surface area (Å²) in [5.41, 5.74) is 10.9. The van der Waals surface area contributed by atoms with Gasteiger partial charge in [0.05, 0.1) is 26.4 Å². The highest BCUT2D eigenvalue weighted by Crippen LogP contribution is 1.83. The van der Waals surface area contributed by atoms with Gasteiger partial charge in [0.15, 0.2) is 0 Å². The van der Waals surface area contributed by atoms with Gasteiger partial charge in [0, 0.05) is 12.1 Å². The first-order chi connectivity index (χ1) is 5.63. The molecule has 0 spiro atoms. The van der Waals surface area contributed by atoms with Gasteiger partial charge in [0.2, 0.25) is 0 Å². The van der Waals surface area contributed by atoms with Crippen LogP contribution < -0.4 is 11.5 Å². The van der Waals surface area contributed by atoms with E-state index in [0.717, 1.165) is 0 Å². The fourth-order valence-corrected chi connectivity index (χ4v) is 0.656. The van der Waals surface area contributed by atoms with E-state index in [2.05, 4.69) is 0 Å². The van der Waals surface area contributed by atoms with Crippen molar-refractivity contribution in [2.24, 2.45) is 11.5 Å². The van der Waals surface area contributed by atoms with Crippen molar-refractivity contribution < 1.29 is 9.47 Å². The van der Waals surface area contributed by atoms with E-state index in [-0.39, 0.29) is 12.1 Å². The van der Waals surface area contributed by atoms with Crippen LogP contribution in [0.3, 0.4) is 0 Å². The summed E-state index contributed by atoms with van der Waals surface area (Å²) in [6.07, 6.45) is 0. The van der Waals surface area contributed by atoms with Gasteiger partial charge in [-0.2, -0.15) is 0 Å². The summed E-state index contributed by atoms with van der Waals surface area (Å²) in [5, 5.41) is 0. The van der Waals surface area contributed by atoms with Crippen molar-refractivity contribution in [3.05, 3.63) is 0 Å². The van der Waals surface area contributed by atoms with Crippen molar-refractivity contribution in [3.8, 4) is 0 Å². The number of hydrogen-bond acceptors (Lipinski definition) is 4. The van der Waals surface area contributed by atoms with Gasteiger partial charge < -0.3 is 20.9 Å². The van der Waals surface area contributed by atoms with E-state index in [0.29, 0.717) is 26.4 Å². The normalized spacial score (nSPS) is 16.0. The second-order valence-corrected chi connectivity index (χ2v) is 3.10. The summed E-state index contributed by atoms with van der Waals surface area (Å²) in [7, 11) is 0. The van der Waals surface area contributed by atoms with Crippen molar-refractivity contribution in [2.75, 3.05) is 26.4 Å². The molecule has 0 rings (SSSR count). The van der Waals surface area contributed by atoms with E-state index in [1.54, 1.807) is 0 Å². The van der Waals surface area contributed by atoms with Gasteiger partial charge in [-0.25, -0.2) is 0 Å². The Morgan fingerprint density at radius 3 is 1.50 bits per heavy atom. The van der Waals surface area contributed by atoms with Gasteiger partial charge in [0.25, 0.3) is 0 Å². The van der Waals surface area contributed by atoms with Crippen LogP contribution in [-0.2, 0) is 9.47 Å². The van der Waals surface area contributed by atoms with Crippen LogP contribution in [0.2, 0.25) is 0 Å². The minimum Gasteiger partial charge on any atom is -0.377 e. The Morgan fingerprint density at radius 2 is 1.25 bits per heavy atom. The van der Waals surface area contributed by atoms with Crippen LogP contribution in [-0.4, -0.2) is 38.5 Å². The highest BCUT2D eigenvalue weighted by atomic mass is 16.5. The smallest absolute Gasteiger partial charge is 0.0701 e. The molecular formula is C8H20N2O2. The Hall–Kier alpha value is -0.160. The molecule has 4 N–H and O–H groups in total. The summed E-state index contributed by atoms with van der Waals surface area (Å²) in [6, 6.07) is 0.192. The third-order valence-corrected chi connectivity index (χ3v) is 1.13. The lowest BCUT2D eigenvalue weighted by Crippen LogP contribution is -2.25. The molecule has 4 heteroatoms. The molecular weight excluding hydrogens is 156 g/mol. The maximum absolute atomic E-state index is 5.47. The first kappa shape index (κ1) is 11.8. The molecule has 4 nitrogen and oxygen atoms in total. The minimum atomic E-state index is 0.0958. The molecule has 0 radical (unpaired) electrons. The van der Waals surface area contributed by atoms with Crippen LogP contribution in [0.4, 0.5) is 0 Å². The predicted molar refractivity (Wildman–Crippen MR) is 48.9 cm³/mol. The SMILES string of the molecule is CC(N)COCCOCC(C)N. The Morgan fingerprint density at radius 1 is 0.917 bits per heavy atom. The molecule has 0 amide bonds. The molecule has 0 saturated heterocycles. The zero-order chi connectivity index (χ0) is 9.40. The fourth-order valence-electron chi connectivity index (χ4n) is 0.656. The van der Waals surface area contributed by atoms with E-state index in [4.69, 9.17) is 20.9 Å². The molecule has 2 unspecified atom stereocenters. The van der Waals surface area contributed by atoms with Crippen molar-refractivity contribution in [3.63, 3.8) is 0 Å². The average molecular weight is 176 g/mol. The number of hydrogen-bond donors (Lipinski definition) is 2. The van der Waals surface area contributed by atoms with Crippen LogP contribution >= 0.6 is 0 Å². The zero-order valence-electron chi connectivity index (χ0n) is 7.95. The van der Waals surface area contributed by atoms with Crippen LogP contribution in [0.1, 0.15) is 13.8 Å². The fraction of sp³-hybridized carbons (Fsp3) is 1.00. The van der Waals surface area contributed by atoms with E-state index < -0.39 is 0 Å². The molecule has 12 heavy (non-hydrogen) atoms. The Kier molecular flexibility index (Phi) is 7.39. The molecule has 0 bridgehead atoms. The Balaban J connectivity index is 2.91. The summed E-state index contributed by atoms with van der Waals surface area (Å²) in [6.45, 7) is 6.16. The molecule has 0 aliphatic carbocycles. The second-order valence-electron chi connectivity index (χ2n) is 3.10. The predicted octanol–water partition coefficient (Wildman–Crippen LogP) is -0.286. The Bertz CT molecular complexity index is 85.1. The highest BCUT2D eigenvalue weighted by Gasteiger charge is 1.95. The standard InChI is InChI=1S/C8H20N2O2/c1-7(9)5-11-3-4-12-6-8(2)10/h7-8H,3-6,9-10H2,1-2H3. The minimum absolute atomic E-state index is 0.0958. The van der Waals surface area contributed by atoms with Gasteiger partial charge in [0.1, 0.15) is 0 Å². The topological polar surface area (TPSA) is 70.5 Å². The van der Waals surface area contributed by atoms with E-state index in [9.17, 15) is 0 Å². The summed E-state index contributed by atoms with van der Waals surface area (Å²) in [5.74, 6) is 0. The molecule has 0 heterocycles. The zero-order valence-corrected chi connectivity index (χ0v) is 7.95. The van der Waals surface area contributed by atoms with Crippen LogP contribution in [0, 0.1) is 0 Å². The lowest BCUT2D eigenvalue weighted by Gasteiger charge is -2.08. The van der Waals surface area contributed by atoms with Gasteiger partial charge in [-0.1, -0.05) is 0 Å². The molecule has 0 aromatic rings. The molecule has 0 aliphatic heterocycles. The third kappa shape index (κ3) is 9.84. The van der Waals surface area contributed by atoms with Crippen molar-refractivity contribution in [1.82, 2.24) is 0 Å². The van der Waals surface area contributed by atoms with Crippen molar-refractivity contribution >= 4 is 0 Å². The summed E-state index contributed by atoms with van der Waals surface area (Å²) in [4.78, 5) is 0. The average Bonchev–Trinajstić information content (AvgIpc) is 1.95. The lowest BCUT2D eigenvalue weighted by molar-refractivity contribution is 0.0407. The maximum atomic E-state index is 5.47. The maximum Gasteiger partial charge on any atom is 0.0701 e. The number of ether oxygens (including phenoxy) is 2. The van der Waals surface area contributed by atoms with Gasteiger partial charge >= 0.3 is 0 Å². The van der Waals surface area contributed by atoms with Gasteiger partial charge in [-0.3, -0.25) is 0 Å². The van der Waals surface area contributed by atoms with Crippen molar-refractivity contribution in [1.29, 1.82) is 0 Å². The summed E-state index contributed by atoms with van der Waals surface area (Å²) >= 11 is 0. The van der Waals surface area contributed by atoms with Gasteiger partial charge in [-0.05, 0) is 13.8 Å². The molecule has 0 aromatic carbocycles. The second kappa shape index (κ2) is 7.49. The Labute approximate surface area is 74.2 Å². The monoisotopic (exact) mass is 176 g/mol. The number of rotatable bonds is 7. The quantitative estimate of drug-likeness (QED) is 0.523.